The van der Waals surface area contributed by atoms with Gasteiger partial charge < -0.3 is 15.6 Å². The molecular weight excluding hydrogens is 598 g/mol. The van der Waals surface area contributed by atoms with E-state index in [0.29, 0.717) is 56.7 Å². The van der Waals surface area contributed by atoms with Gasteiger partial charge in [-0.15, -0.1) is 0 Å². The van der Waals surface area contributed by atoms with Crippen molar-refractivity contribution in [1.29, 1.82) is 0 Å². The topological polar surface area (TPSA) is 98.3 Å². The lowest BCUT2D eigenvalue weighted by atomic mass is 9.73. The Labute approximate surface area is 274 Å². The van der Waals surface area contributed by atoms with Crippen molar-refractivity contribution in [3.63, 3.8) is 0 Å². The molecule has 0 radical (unpaired) electrons. The Morgan fingerprint density at radius 1 is 0.913 bits per heavy atom. The maximum absolute atomic E-state index is 15.2. The van der Waals surface area contributed by atoms with Gasteiger partial charge in [0.15, 0.2) is 0 Å². The second-order valence-electron chi connectivity index (χ2n) is 15.6. The summed E-state index contributed by atoms with van der Waals surface area (Å²) >= 11 is 0. The highest BCUT2D eigenvalue weighted by atomic mass is 19.4. The molecule has 0 saturated heterocycles. The molecule has 2 aliphatic carbocycles. The standard InChI is InChI=1S/C36H59F4N3O3/c1-26-16-9-5-6-12-20-34(3,23-15-17-26)31(36(38,39)40)46-29-27(37)25-42-32(43-29)35(4)21-13-7-10-18-33(2,19-11-8-14-22-35)24-28(41)30(44)45/h25-26,28,31H,5-24,41H2,1-4H3,(H,44,45). The van der Waals surface area contributed by atoms with Crippen LogP contribution in [0.1, 0.15) is 162 Å². The van der Waals surface area contributed by atoms with Crippen molar-refractivity contribution in [1.82, 2.24) is 9.97 Å². The maximum Gasteiger partial charge on any atom is 0.426 e. The number of rotatable bonds is 7. The number of alkyl halides is 3. The first-order chi connectivity index (χ1) is 21.6. The molecule has 2 saturated carbocycles. The third-order valence-electron chi connectivity index (χ3n) is 11.1. The minimum Gasteiger partial charge on any atom is -0.480 e. The maximum atomic E-state index is 15.2. The second kappa shape index (κ2) is 16.9. The quantitative estimate of drug-likeness (QED) is 0.283. The van der Waals surface area contributed by atoms with Crippen LogP contribution < -0.4 is 10.5 Å². The van der Waals surface area contributed by atoms with Crippen molar-refractivity contribution in [3.8, 4) is 5.88 Å². The molecule has 4 atom stereocenters. The van der Waals surface area contributed by atoms with E-state index in [1.165, 1.54) is 0 Å². The minimum atomic E-state index is -4.68. The molecule has 2 aliphatic rings. The van der Waals surface area contributed by atoms with Gasteiger partial charge in [0.2, 0.25) is 11.9 Å². The summed E-state index contributed by atoms with van der Waals surface area (Å²) in [6.45, 7) is 7.99. The molecule has 10 heteroatoms. The molecule has 0 amide bonds. The van der Waals surface area contributed by atoms with E-state index in [1.807, 2.05) is 6.92 Å². The number of carboxylic acid groups (broad SMARTS) is 1. The summed E-state index contributed by atoms with van der Waals surface area (Å²) < 4.78 is 65.1. The van der Waals surface area contributed by atoms with Crippen LogP contribution in [0.15, 0.2) is 6.20 Å². The first-order valence-electron chi connectivity index (χ1n) is 17.8. The van der Waals surface area contributed by atoms with Crippen molar-refractivity contribution in [2.45, 2.75) is 180 Å². The van der Waals surface area contributed by atoms with Crippen molar-refractivity contribution in [2.75, 3.05) is 0 Å². The zero-order valence-corrected chi connectivity index (χ0v) is 28.7. The highest BCUT2D eigenvalue weighted by Crippen LogP contribution is 2.45. The van der Waals surface area contributed by atoms with Gasteiger partial charge in [0.1, 0.15) is 11.9 Å². The van der Waals surface area contributed by atoms with Crippen LogP contribution in [0.5, 0.6) is 5.88 Å². The highest BCUT2D eigenvalue weighted by Gasteiger charge is 2.53. The minimum absolute atomic E-state index is 0.134. The fourth-order valence-corrected chi connectivity index (χ4v) is 7.99. The Hall–Kier alpha value is -1.97. The van der Waals surface area contributed by atoms with Gasteiger partial charge in [0.25, 0.3) is 5.88 Å². The summed E-state index contributed by atoms with van der Waals surface area (Å²) in [5.41, 5.74) is 4.03. The average molecular weight is 658 g/mol. The number of ether oxygens (including phenoxy) is 1. The summed E-state index contributed by atoms with van der Waals surface area (Å²) in [6.07, 6.45) is 10.2. The number of nitrogens with two attached hydrogens (primary N) is 1. The molecule has 3 rings (SSSR count). The average Bonchev–Trinajstić information content (AvgIpc) is 3.00. The van der Waals surface area contributed by atoms with Crippen LogP contribution in [0.3, 0.4) is 0 Å². The van der Waals surface area contributed by atoms with Crippen molar-refractivity contribution < 1.29 is 32.2 Å². The van der Waals surface area contributed by atoms with E-state index in [2.05, 4.69) is 23.8 Å². The van der Waals surface area contributed by atoms with Crippen molar-refractivity contribution >= 4 is 5.97 Å². The highest BCUT2D eigenvalue weighted by molar-refractivity contribution is 5.73. The Bertz CT molecular complexity index is 1090. The van der Waals surface area contributed by atoms with Crippen LogP contribution in [-0.2, 0) is 10.2 Å². The van der Waals surface area contributed by atoms with Gasteiger partial charge in [-0.1, -0.05) is 111 Å². The van der Waals surface area contributed by atoms with Crippen LogP contribution in [0.2, 0.25) is 0 Å². The summed E-state index contributed by atoms with van der Waals surface area (Å²) in [5, 5.41) is 9.34. The fourth-order valence-electron chi connectivity index (χ4n) is 7.99. The van der Waals surface area contributed by atoms with E-state index in [9.17, 15) is 23.1 Å². The summed E-state index contributed by atoms with van der Waals surface area (Å²) in [7, 11) is 0. The molecule has 264 valence electrons. The van der Waals surface area contributed by atoms with Crippen LogP contribution in [0, 0.1) is 22.6 Å². The monoisotopic (exact) mass is 657 g/mol. The smallest absolute Gasteiger partial charge is 0.426 e. The summed E-state index contributed by atoms with van der Waals surface area (Å²) in [5.74, 6) is -1.74. The molecule has 0 aromatic carbocycles. The first-order valence-corrected chi connectivity index (χ1v) is 17.8. The number of carboxylic acids is 1. The first kappa shape index (κ1) is 38.5. The number of halogens is 4. The number of carbonyl (C=O) groups is 1. The Balaban J connectivity index is 1.80. The predicted octanol–water partition coefficient (Wildman–Crippen LogP) is 10.1. The lowest BCUT2D eigenvalue weighted by molar-refractivity contribution is -0.231. The molecule has 46 heavy (non-hydrogen) atoms. The van der Waals surface area contributed by atoms with Crippen LogP contribution >= 0.6 is 0 Å². The molecule has 2 fully saturated rings. The van der Waals surface area contributed by atoms with E-state index in [4.69, 9.17) is 10.5 Å². The van der Waals surface area contributed by atoms with E-state index >= 15 is 4.39 Å². The van der Waals surface area contributed by atoms with Crippen LogP contribution in [-0.4, -0.2) is 39.4 Å². The SMILES string of the molecule is CC1CCCCCCC(C)(C(Oc2nc(C3(C)CCCCCC(C)(CC(N)C(=O)O)CCCCC3)ncc2F)C(F)(F)F)CCC1. The number of hydrogen-bond donors (Lipinski definition) is 2. The zero-order chi connectivity index (χ0) is 34.0. The zero-order valence-electron chi connectivity index (χ0n) is 28.7. The van der Waals surface area contributed by atoms with Gasteiger partial charge in [-0.25, -0.2) is 4.98 Å². The van der Waals surface area contributed by atoms with Gasteiger partial charge >= 0.3 is 12.1 Å². The third-order valence-corrected chi connectivity index (χ3v) is 11.1. The summed E-state index contributed by atoms with van der Waals surface area (Å²) in [4.78, 5) is 20.1. The molecular formula is C36H59F4N3O3. The van der Waals surface area contributed by atoms with E-state index in [1.54, 1.807) is 6.92 Å². The predicted molar refractivity (Wildman–Crippen MR) is 173 cm³/mol. The van der Waals surface area contributed by atoms with Gasteiger partial charge in [-0.05, 0) is 56.3 Å². The number of nitrogens with zero attached hydrogens (tertiary/aromatic N) is 2. The normalized spacial score (nSPS) is 31.4. The molecule has 1 aromatic rings. The second-order valence-corrected chi connectivity index (χ2v) is 15.6. The van der Waals surface area contributed by atoms with E-state index in [-0.39, 0.29) is 5.41 Å². The largest absolute Gasteiger partial charge is 0.480 e. The number of aliphatic carboxylic acids is 1. The fraction of sp³-hybridized carbons (Fsp3) is 0.861. The van der Waals surface area contributed by atoms with Gasteiger partial charge in [0, 0.05) is 10.8 Å². The molecule has 0 spiro atoms. The molecule has 0 aliphatic heterocycles. The molecule has 6 nitrogen and oxygen atoms in total. The molecule has 0 bridgehead atoms. The Morgan fingerprint density at radius 3 is 2.04 bits per heavy atom. The lowest BCUT2D eigenvalue weighted by Gasteiger charge is -2.39. The molecule has 1 heterocycles. The van der Waals surface area contributed by atoms with E-state index < -0.39 is 46.8 Å². The Kier molecular flexibility index (Phi) is 14.2. The van der Waals surface area contributed by atoms with Gasteiger partial charge in [0.05, 0.1) is 6.20 Å². The Morgan fingerprint density at radius 2 is 1.43 bits per heavy atom. The summed E-state index contributed by atoms with van der Waals surface area (Å²) in [6, 6.07) is -0.873. The van der Waals surface area contributed by atoms with Crippen LogP contribution in [0.25, 0.3) is 0 Å². The number of aromatic nitrogens is 2. The van der Waals surface area contributed by atoms with Gasteiger partial charge in [-0.3, -0.25) is 4.79 Å². The molecule has 3 N–H and O–H groups in total. The molecule has 4 unspecified atom stereocenters. The van der Waals surface area contributed by atoms with Gasteiger partial charge in [-0.2, -0.15) is 22.5 Å². The number of hydrogen-bond acceptors (Lipinski definition) is 5. The molecule has 1 aromatic heterocycles. The third kappa shape index (κ3) is 11.3. The van der Waals surface area contributed by atoms with Crippen molar-refractivity contribution in [2.24, 2.45) is 22.5 Å². The van der Waals surface area contributed by atoms with E-state index in [0.717, 1.165) is 89.7 Å². The lowest BCUT2D eigenvalue weighted by Crippen LogP contribution is -2.48. The van der Waals surface area contributed by atoms with Crippen molar-refractivity contribution in [3.05, 3.63) is 17.8 Å². The van der Waals surface area contributed by atoms with Crippen LogP contribution in [0.4, 0.5) is 17.6 Å².